The van der Waals surface area contributed by atoms with Gasteiger partial charge in [0, 0.05) is 35.7 Å². The molecule has 96 valence electrons. The zero-order chi connectivity index (χ0) is 13.0. The number of benzene rings is 1. The van der Waals surface area contributed by atoms with Crippen molar-refractivity contribution in [2.75, 3.05) is 27.2 Å². The van der Waals surface area contributed by atoms with Gasteiger partial charge in [0.05, 0.1) is 5.52 Å². The van der Waals surface area contributed by atoms with Crippen LogP contribution in [-0.2, 0) is 6.54 Å². The van der Waals surface area contributed by atoms with Crippen LogP contribution in [0.2, 0.25) is 0 Å². The third-order valence-electron chi connectivity index (χ3n) is 2.85. The van der Waals surface area contributed by atoms with E-state index in [4.69, 9.17) is 0 Å². The molecule has 1 N–H and O–H groups in total. The zero-order valence-corrected chi connectivity index (χ0v) is 12.4. The SMILES string of the molecule is CN(C)CCNCc1ccc(Br)c2cccnc12. The number of aromatic nitrogens is 1. The molecule has 2 aromatic rings. The first-order valence-corrected chi connectivity index (χ1v) is 6.85. The zero-order valence-electron chi connectivity index (χ0n) is 10.8. The van der Waals surface area contributed by atoms with Crippen LogP contribution in [0.3, 0.4) is 0 Å². The van der Waals surface area contributed by atoms with Gasteiger partial charge in [-0.2, -0.15) is 0 Å². The van der Waals surface area contributed by atoms with Crippen molar-refractivity contribution in [1.82, 2.24) is 15.2 Å². The highest BCUT2D eigenvalue weighted by molar-refractivity contribution is 9.10. The number of pyridine rings is 1. The molecule has 0 aliphatic rings. The van der Waals surface area contributed by atoms with Crippen LogP contribution in [0.4, 0.5) is 0 Å². The summed E-state index contributed by atoms with van der Waals surface area (Å²) in [7, 11) is 4.16. The van der Waals surface area contributed by atoms with Gasteiger partial charge >= 0.3 is 0 Å². The molecule has 0 atom stereocenters. The van der Waals surface area contributed by atoms with Gasteiger partial charge in [-0.3, -0.25) is 4.98 Å². The van der Waals surface area contributed by atoms with Crippen molar-refractivity contribution < 1.29 is 0 Å². The first-order chi connectivity index (χ1) is 8.68. The van der Waals surface area contributed by atoms with Gasteiger partial charge in [0.2, 0.25) is 0 Å². The molecule has 1 heterocycles. The Balaban J connectivity index is 2.11. The minimum Gasteiger partial charge on any atom is -0.311 e. The van der Waals surface area contributed by atoms with Crippen molar-refractivity contribution in [1.29, 1.82) is 0 Å². The summed E-state index contributed by atoms with van der Waals surface area (Å²) < 4.78 is 1.10. The molecule has 0 bridgehead atoms. The molecule has 3 nitrogen and oxygen atoms in total. The van der Waals surface area contributed by atoms with E-state index in [9.17, 15) is 0 Å². The smallest absolute Gasteiger partial charge is 0.0758 e. The molecule has 18 heavy (non-hydrogen) atoms. The number of rotatable bonds is 5. The number of nitrogens with one attached hydrogen (secondary N) is 1. The molecular weight excluding hydrogens is 290 g/mol. The standard InChI is InChI=1S/C14H18BrN3/c1-18(2)9-8-16-10-11-5-6-13(15)12-4-3-7-17-14(11)12/h3-7,16H,8-10H2,1-2H3. The summed E-state index contributed by atoms with van der Waals surface area (Å²) in [5, 5.41) is 4.62. The summed E-state index contributed by atoms with van der Waals surface area (Å²) in [4.78, 5) is 6.65. The summed E-state index contributed by atoms with van der Waals surface area (Å²) in [6.07, 6.45) is 1.85. The lowest BCUT2D eigenvalue weighted by Gasteiger charge is -2.11. The van der Waals surface area contributed by atoms with Gasteiger partial charge in [-0.05, 0) is 31.8 Å². The topological polar surface area (TPSA) is 28.2 Å². The van der Waals surface area contributed by atoms with Gasteiger partial charge in [0.25, 0.3) is 0 Å². The molecule has 0 saturated heterocycles. The summed E-state index contributed by atoms with van der Waals surface area (Å²) in [6.45, 7) is 2.88. The fraction of sp³-hybridized carbons (Fsp3) is 0.357. The number of fused-ring (bicyclic) bond motifs is 1. The number of nitrogens with zero attached hydrogens (tertiary/aromatic N) is 2. The lowest BCUT2D eigenvalue weighted by Crippen LogP contribution is -2.26. The molecule has 0 spiro atoms. The van der Waals surface area contributed by atoms with Crippen molar-refractivity contribution in [3.63, 3.8) is 0 Å². The highest BCUT2D eigenvalue weighted by atomic mass is 79.9. The molecule has 0 amide bonds. The number of hydrogen-bond acceptors (Lipinski definition) is 3. The van der Waals surface area contributed by atoms with E-state index < -0.39 is 0 Å². The Hall–Kier alpha value is -0.970. The van der Waals surface area contributed by atoms with E-state index >= 15 is 0 Å². The minimum absolute atomic E-state index is 0.856. The van der Waals surface area contributed by atoms with Crippen molar-refractivity contribution in [2.45, 2.75) is 6.54 Å². The summed E-state index contributed by atoms with van der Waals surface area (Å²) in [5.74, 6) is 0. The molecule has 1 aromatic carbocycles. The normalized spacial score (nSPS) is 11.3. The number of halogens is 1. The Morgan fingerprint density at radius 3 is 2.89 bits per heavy atom. The van der Waals surface area contributed by atoms with Crippen LogP contribution in [0.5, 0.6) is 0 Å². The van der Waals surface area contributed by atoms with Crippen LogP contribution >= 0.6 is 15.9 Å². The first kappa shape index (κ1) is 13.5. The van der Waals surface area contributed by atoms with E-state index in [1.165, 1.54) is 10.9 Å². The van der Waals surface area contributed by atoms with Crippen molar-refractivity contribution in [3.05, 3.63) is 40.5 Å². The average Bonchev–Trinajstić information content (AvgIpc) is 2.37. The monoisotopic (exact) mass is 307 g/mol. The molecule has 0 aliphatic carbocycles. The van der Waals surface area contributed by atoms with Gasteiger partial charge in [-0.1, -0.05) is 28.1 Å². The van der Waals surface area contributed by atoms with Crippen LogP contribution < -0.4 is 5.32 Å². The van der Waals surface area contributed by atoms with Gasteiger partial charge in [-0.25, -0.2) is 0 Å². The Morgan fingerprint density at radius 2 is 2.11 bits per heavy atom. The van der Waals surface area contributed by atoms with Crippen LogP contribution in [0.25, 0.3) is 10.9 Å². The fourth-order valence-electron chi connectivity index (χ4n) is 1.86. The van der Waals surface area contributed by atoms with E-state index in [1.54, 1.807) is 0 Å². The molecule has 4 heteroatoms. The van der Waals surface area contributed by atoms with Crippen LogP contribution in [0.1, 0.15) is 5.56 Å². The largest absolute Gasteiger partial charge is 0.311 e. The minimum atomic E-state index is 0.856. The molecular formula is C14H18BrN3. The molecule has 0 aliphatic heterocycles. The van der Waals surface area contributed by atoms with E-state index in [0.29, 0.717) is 0 Å². The molecule has 2 rings (SSSR count). The van der Waals surface area contributed by atoms with Gasteiger partial charge in [0.15, 0.2) is 0 Å². The maximum absolute atomic E-state index is 4.48. The van der Waals surface area contributed by atoms with Crippen molar-refractivity contribution in [2.24, 2.45) is 0 Å². The Labute approximate surface area is 116 Å². The maximum Gasteiger partial charge on any atom is 0.0758 e. The van der Waals surface area contributed by atoms with E-state index in [-0.39, 0.29) is 0 Å². The molecule has 0 radical (unpaired) electrons. The maximum atomic E-state index is 4.48. The fourth-order valence-corrected chi connectivity index (χ4v) is 2.32. The summed E-state index contributed by atoms with van der Waals surface area (Å²) in [5.41, 5.74) is 2.32. The quantitative estimate of drug-likeness (QED) is 0.861. The average molecular weight is 308 g/mol. The Kier molecular flexibility index (Phi) is 4.69. The predicted octanol–water partition coefficient (Wildman–Crippen LogP) is 2.65. The van der Waals surface area contributed by atoms with Crippen molar-refractivity contribution in [3.8, 4) is 0 Å². The van der Waals surface area contributed by atoms with E-state index in [0.717, 1.165) is 29.6 Å². The number of likely N-dealkylation sites (N-methyl/N-ethyl adjacent to an activating group) is 1. The highest BCUT2D eigenvalue weighted by Crippen LogP contribution is 2.24. The second-order valence-electron chi connectivity index (χ2n) is 4.59. The van der Waals surface area contributed by atoms with Gasteiger partial charge in [-0.15, -0.1) is 0 Å². The Bertz CT molecular complexity index is 525. The summed E-state index contributed by atoms with van der Waals surface area (Å²) in [6, 6.07) is 8.28. The van der Waals surface area contributed by atoms with Crippen LogP contribution in [0.15, 0.2) is 34.9 Å². The molecule has 1 aromatic heterocycles. The van der Waals surface area contributed by atoms with E-state index in [2.05, 4.69) is 63.4 Å². The second kappa shape index (κ2) is 6.27. The Morgan fingerprint density at radius 1 is 1.28 bits per heavy atom. The predicted molar refractivity (Wildman–Crippen MR) is 79.7 cm³/mol. The van der Waals surface area contributed by atoms with Crippen LogP contribution in [0, 0.1) is 0 Å². The van der Waals surface area contributed by atoms with Crippen LogP contribution in [-0.4, -0.2) is 37.1 Å². The highest BCUT2D eigenvalue weighted by Gasteiger charge is 2.04. The third-order valence-corrected chi connectivity index (χ3v) is 3.54. The third kappa shape index (κ3) is 3.28. The molecule has 0 unspecified atom stereocenters. The van der Waals surface area contributed by atoms with Crippen molar-refractivity contribution >= 4 is 26.8 Å². The lowest BCUT2D eigenvalue weighted by molar-refractivity contribution is 0.400. The molecule has 0 fully saturated rings. The van der Waals surface area contributed by atoms with E-state index in [1.807, 2.05) is 12.3 Å². The summed E-state index contributed by atoms with van der Waals surface area (Å²) >= 11 is 3.56. The lowest BCUT2D eigenvalue weighted by atomic mass is 10.1. The van der Waals surface area contributed by atoms with Gasteiger partial charge in [0.1, 0.15) is 0 Å². The second-order valence-corrected chi connectivity index (χ2v) is 5.44. The molecule has 0 saturated carbocycles. The number of hydrogen-bond donors (Lipinski definition) is 1. The van der Waals surface area contributed by atoms with Gasteiger partial charge < -0.3 is 10.2 Å². The first-order valence-electron chi connectivity index (χ1n) is 6.06.